The number of imide groups is 1. The molecule has 1 N–H and O–H groups in total. The Labute approximate surface area is 130 Å². The lowest BCUT2D eigenvalue weighted by Gasteiger charge is -2.29. The molecule has 0 radical (unpaired) electrons. The molecule has 1 atom stereocenters. The molecule has 3 amide bonds. The summed E-state index contributed by atoms with van der Waals surface area (Å²) in [7, 11) is 0. The van der Waals surface area contributed by atoms with Gasteiger partial charge in [-0.3, -0.25) is 4.79 Å². The molecule has 0 bridgehead atoms. The molecule has 1 aromatic carbocycles. The zero-order chi connectivity index (χ0) is 15.6. The summed E-state index contributed by atoms with van der Waals surface area (Å²) in [6.07, 6.45) is 6.18. The molecular formula is C17H21N3O2. The van der Waals surface area contributed by atoms with Crippen molar-refractivity contribution in [2.24, 2.45) is 5.10 Å². The summed E-state index contributed by atoms with van der Waals surface area (Å²) in [6, 6.07) is 9.49. The normalized spacial score (nSPS) is 22.3. The molecule has 1 aliphatic heterocycles. The van der Waals surface area contributed by atoms with Gasteiger partial charge in [0.1, 0.15) is 5.54 Å². The number of nitrogens with one attached hydrogen (secondary N) is 1. The molecule has 2 aliphatic rings. The molecule has 3 rings (SSSR count). The summed E-state index contributed by atoms with van der Waals surface area (Å²) < 4.78 is 0. The van der Waals surface area contributed by atoms with Crippen LogP contribution in [0.5, 0.6) is 0 Å². The summed E-state index contributed by atoms with van der Waals surface area (Å²) in [4.78, 5) is 24.7. The van der Waals surface area contributed by atoms with Crippen molar-refractivity contribution in [1.82, 2.24) is 10.3 Å². The van der Waals surface area contributed by atoms with Crippen LogP contribution in [0.15, 0.2) is 35.4 Å². The molecule has 5 heteroatoms. The van der Waals surface area contributed by atoms with Crippen molar-refractivity contribution in [2.45, 2.75) is 50.5 Å². The van der Waals surface area contributed by atoms with E-state index in [2.05, 4.69) is 10.4 Å². The Morgan fingerprint density at radius 3 is 2.55 bits per heavy atom. The predicted octanol–water partition coefficient (Wildman–Crippen LogP) is 3.03. The van der Waals surface area contributed by atoms with E-state index in [1.54, 1.807) is 6.21 Å². The second-order valence-electron chi connectivity index (χ2n) is 6.15. The van der Waals surface area contributed by atoms with Gasteiger partial charge in [-0.15, -0.1) is 5.01 Å². The van der Waals surface area contributed by atoms with E-state index in [-0.39, 0.29) is 11.8 Å². The summed E-state index contributed by atoms with van der Waals surface area (Å²) in [5.41, 5.74) is 0.397. The first-order valence-corrected chi connectivity index (χ1v) is 7.88. The number of hydrogen-bond donors (Lipinski definition) is 1. The number of benzene rings is 1. The Morgan fingerprint density at radius 2 is 1.86 bits per heavy atom. The van der Waals surface area contributed by atoms with E-state index in [1.165, 1.54) is 0 Å². The van der Waals surface area contributed by atoms with E-state index in [0.717, 1.165) is 42.7 Å². The molecule has 116 valence electrons. The zero-order valence-electron chi connectivity index (χ0n) is 12.8. The van der Waals surface area contributed by atoms with Gasteiger partial charge >= 0.3 is 6.03 Å². The highest BCUT2D eigenvalue weighted by molar-refractivity contribution is 6.07. The molecule has 0 unspecified atom stereocenters. The Hall–Kier alpha value is -2.17. The van der Waals surface area contributed by atoms with Gasteiger partial charge in [-0.2, -0.15) is 5.10 Å². The molecule has 0 aromatic heterocycles. The quantitative estimate of drug-likeness (QED) is 0.689. The highest BCUT2D eigenvalue weighted by Gasteiger charge is 2.51. The summed E-state index contributed by atoms with van der Waals surface area (Å²) in [5, 5.41) is 8.02. The van der Waals surface area contributed by atoms with E-state index >= 15 is 0 Å². The average molecular weight is 299 g/mol. The first kappa shape index (κ1) is 14.8. The van der Waals surface area contributed by atoms with Crippen LogP contribution in [0.1, 0.15) is 50.5 Å². The van der Waals surface area contributed by atoms with Gasteiger partial charge in [0.2, 0.25) is 0 Å². The smallest absolute Gasteiger partial charge is 0.321 e. The molecule has 1 spiro atoms. The van der Waals surface area contributed by atoms with Gasteiger partial charge < -0.3 is 5.32 Å². The number of amides is 3. The van der Waals surface area contributed by atoms with Gasteiger partial charge in [0, 0.05) is 12.1 Å². The maximum Gasteiger partial charge on any atom is 0.346 e. The van der Waals surface area contributed by atoms with E-state index < -0.39 is 11.6 Å². The van der Waals surface area contributed by atoms with Gasteiger partial charge in [0.15, 0.2) is 0 Å². The minimum atomic E-state index is -0.706. The Balaban J connectivity index is 1.73. The van der Waals surface area contributed by atoms with Crippen molar-refractivity contribution in [3.63, 3.8) is 0 Å². The second kappa shape index (κ2) is 5.91. The van der Waals surface area contributed by atoms with Crippen LogP contribution in [-0.4, -0.2) is 28.7 Å². The van der Waals surface area contributed by atoms with Gasteiger partial charge in [0.05, 0.1) is 0 Å². The molecule has 1 aliphatic carbocycles. The molecule has 1 saturated heterocycles. The van der Waals surface area contributed by atoms with Crippen LogP contribution in [0.25, 0.3) is 0 Å². The third kappa shape index (κ3) is 2.63. The van der Waals surface area contributed by atoms with Crippen molar-refractivity contribution >= 4 is 18.2 Å². The SMILES string of the molecule is C[C@@H](/C=N\N1C(=O)NC2(CCCCC2)C1=O)c1ccccc1. The van der Waals surface area contributed by atoms with Crippen molar-refractivity contribution in [1.29, 1.82) is 0 Å². The standard InChI is InChI=1S/C17H21N3O2/c1-13(14-8-4-2-5-9-14)12-18-20-15(21)17(19-16(20)22)10-6-3-7-11-17/h2,4-5,8-9,12-13H,3,6-7,10-11H2,1H3,(H,19,22)/b18-12-/t13-/m0/s1. The Morgan fingerprint density at radius 1 is 1.18 bits per heavy atom. The third-order valence-corrected chi connectivity index (χ3v) is 4.58. The number of hydrogen-bond acceptors (Lipinski definition) is 3. The van der Waals surface area contributed by atoms with E-state index in [1.807, 2.05) is 37.3 Å². The Kier molecular flexibility index (Phi) is 3.96. The zero-order valence-corrected chi connectivity index (χ0v) is 12.8. The third-order valence-electron chi connectivity index (χ3n) is 4.58. The minimum Gasteiger partial charge on any atom is -0.321 e. The first-order valence-electron chi connectivity index (χ1n) is 7.88. The van der Waals surface area contributed by atoms with E-state index in [0.29, 0.717) is 0 Å². The van der Waals surface area contributed by atoms with E-state index in [4.69, 9.17) is 0 Å². The first-order chi connectivity index (χ1) is 10.6. The van der Waals surface area contributed by atoms with Crippen LogP contribution in [0, 0.1) is 0 Å². The van der Waals surface area contributed by atoms with Crippen LogP contribution in [-0.2, 0) is 4.79 Å². The topological polar surface area (TPSA) is 61.8 Å². The molecule has 1 aromatic rings. The van der Waals surface area contributed by atoms with Gasteiger partial charge in [-0.25, -0.2) is 4.79 Å². The van der Waals surface area contributed by atoms with E-state index in [9.17, 15) is 9.59 Å². The van der Waals surface area contributed by atoms with Crippen LogP contribution < -0.4 is 5.32 Å². The molecule has 1 heterocycles. The monoisotopic (exact) mass is 299 g/mol. The van der Waals surface area contributed by atoms with Crippen molar-refractivity contribution in [3.8, 4) is 0 Å². The van der Waals surface area contributed by atoms with Crippen LogP contribution >= 0.6 is 0 Å². The van der Waals surface area contributed by atoms with Crippen molar-refractivity contribution < 1.29 is 9.59 Å². The second-order valence-corrected chi connectivity index (χ2v) is 6.15. The van der Waals surface area contributed by atoms with Crippen molar-refractivity contribution in [2.75, 3.05) is 0 Å². The van der Waals surface area contributed by atoms with Crippen molar-refractivity contribution in [3.05, 3.63) is 35.9 Å². The number of hydrazone groups is 1. The largest absolute Gasteiger partial charge is 0.346 e. The van der Waals surface area contributed by atoms with Gasteiger partial charge in [0.25, 0.3) is 5.91 Å². The maximum absolute atomic E-state index is 12.6. The fourth-order valence-electron chi connectivity index (χ4n) is 3.21. The lowest BCUT2D eigenvalue weighted by Crippen LogP contribution is -2.48. The summed E-state index contributed by atoms with van der Waals surface area (Å²) in [6.45, 7) is 1.99. The number of urea groups is 1. The molecule has 22 heavy (non-hydrogen) atoms. The molecular weight excluding hydrogens is 278 g/mol. The number of carbonyl (C=O) groups excluding carboxylic acids is 2. The lowest BCUT2D eigenvalue weighted by molar-refractivity contribution is -0.132. The van der Waals surface area contributed by atoms with Gasteiger partial charge in [-0.05, 0) is 18.4 Å². The summed E-state index contributed by atoms with van der Waals surface area (Å²) >= 11 is 0. The molecule has 5 nitrogen and oxygen atoms in total. The van der Waals surface area contributed by atoms with Crippen LogP contribution in [0.3, 0.4) is 0 Å². The van der Waals surface area contributed by atoms with Crippen LogP contribution in [0.4, 0.5) is 4.79 Å². The predicted molar refractivity (Wildman–Crippen MR) is 84.5 cm³/mol. The molecule has 2 fully saturated rings. The number of nitrogens with zero attached hydrogens (tertiary/aromatic N) is 2. The highest BCUT2D eigenvalue weighted by atomic mass is 16.2. The molecule has 1 saturated carbocycles. The number of rotatable bonds is 3. The number of carbonyl (C=O) groups is 2. The maximum atomic E-state index is 12.6. The summed E-state index contributed by atoms with van der Waals surface area (Å²) in [5.74, 6) is -0.154. The highest BCUT2D eigenvalue weighted by Crippen LogP contribution is 2.33. The lowest BCUT2D eigenvalue weighted by atomic mass is 9.82. The van der Waals surface area contributed by atoms with Crippen LogP contribution in [0.2, 0.25) is 0 Å². The Bertz CT molecular complexity index is 591. The fourth-order valence-corrected chi connectivity index (χ4v) is 3.21. The minimum absolute atomic E-state index is 0.0460. The van der Waals surface area contributed by atoms with Gasteiger partial charge in [-0.1, -0.05) is 56.5 Å². The fraction of sp³-hybridized carbons (Fsp3) is 0.471. The average Bonchev–Trinajstić information content (AvgIpc) is 2.77.